The van der Waals surface area contributed by atoms with Crippen molar-refractivity contribution in [1.29, 1.82) is 0 Å². The van der Waals surface area contributed by atoms with Crippen molar-refractivity contribution in [2.45, 2.75) is 19.9 Å². The van der Waals surface area contributed by atoms with E-state index >= 15 is 0 Å². The fourth-order valence-corrected chi connectivity index (χ4v) is 4.64. The minimum atomic E-state index is -1.07. The molecule has 1 unspecified atom stereocenters. The number of benzene rings is 2. The number of ketones is 1. The maximum atomic E-state index is 13.6. The smallest absolute Gasteiger partial charge is 0.350 e. The van der Waals surface area contributed by atoms with Crippen LogP contribution in [-0.4, -0.2) is 34.9 Å². The molecule has 0 spiro atoms. The predicted octanol–water partition coefficient (Wildman–Crippen LogP) is 4.31. The van der Waals surface area contributed by atoms with E-state index < -0.39 is 29.5 Å². The number of anilines is 1. The number of halogens is 1. The molecule has 1 aliphatic heterocycles. The second-order valence-electron chi connectivity index (χ2n) is 7.49. The molecule has 1 N–H and O–H groups in total. The summed E-state index contributed by atoms with van der Waals surface area (Å²) in [6, 6.07) is 11.0. The fraction of sp³-hybridized carbons (Fsp3) is 0.167. The van der Waals surface area contributed by atoms with Gasteiger partial charge in [0.2, 0.25) is 0 Å². The average Bonchev–Trinajstić information content (AvgIpc) is 3.31. The summed E-state index contributed by atoms with van der Waals surface area (Å²) < 4.78 is 18.4. The lowest BCUT2D eigenvalue weighted by molar-refractivity contribution is -0.132. The van der Waals surface area contributed by atoms with Crippen molar-refractivity contribution in [1.82, 2.24) is 4.98 Å². The molecule has 0 aliphatic carbocycles. The van der Waals surface area contributed by atoms with E-state index in [-0.39, 0.29) is 21.3 Å². The van der Waals surface area contributed by atoms with Crippen LogP contribution in [0, 0.1) is 19.7 Å². The molecule has 9 heteroatoms. The molecule has 1 aromatic heterocycles. The van der Waals surface area contributed by atoms with Gasteiger partial charge in [-0.15, -0.1) is 0 Å². The number of rotatable bonds is 4. The molecule has 33 heavy (non-hydrogen) atoms. The number of carbonyl (C=O) groups is 3. The summed E-state index contributed by atoms with van der Waals surface area (Å²) in [4.78, 5) is 43.9. The van der Waals surface area contributed by atoms with E-state index in [1.165, 1.54) is 31.4 Å². The van der Waals surface area contributed by atoms with Gasteiger partial charge < -0.3 is 9.84 Å². The van der Waals surface area contributed by atoms with Crippen molar-refractivity contribution >= 4 is 39.9 Å². The number of hydrogen-bond acceptors (Lipinski definition) is 7. The molecule has 0 saturated carbocycles. The van der Waals surface area contributed by atoms with E-state index in [0.29, 0.717) is 16.8 Å². The molecule has 2 heterocycles. The summed E-state index contributed by atoms with van der Waals surface area (Å²) in [5.41, 5.74) is 1.90. The Bertz CT molecular complexity index is 1300. The van der Waals surface area contributed by atoms with Crippen molar-refractivity contribution in [3.63, 3.8) is 0 Å². The van der Waals surface area contributed by atoms with E-state index in [1.54, 1.807) is 31.2 Å². The van der Waals surface area contributed by atoms with Gasteiger partial charge in [0.15, 0.2) is 5.13 Å². The second-order valence-corrected chi connectivity index (χ2v) is 8.47. The lowest BCUT2D eigenvalue weighted by atomic mass is 9.95. The minimum Gasteiger partial charge on any atom is -0.507 e. The van der Waals surface area contributed by atoms with E-state index in [1.807, 2.05) is 6.92 Å². The topological polar surface area (TPSA) is 96.8 Å². The zero-order valence-electron chi connectivity index (χ0n) is 18.0. The van der Waals surface area contributed by atoms with Gasteiger partial charge in [0.05, 0.1) is 24.4 Å². The first kappa shape index (κ1) is 22.3. The molecule has 1 fully saturated rings. The summed E-state index contributed by atoms with van der Waals surface area (Å²) in [5, 5.41) is 11.1. The van der Waals surface area contributed by atoms with Crippen LogP contribution >= 0.6 is 11.3 Å². The van der Waals surface area contributed by atoms with Gasteiger partial charge in [0.1, 0.15) is 16.5 Å². The number of hydrogen-bond donors (Lipinski definition) is 1. The highest BCUT2D eigenvalue weighted by atomic mass is 32.1. The summed E-state index contributed by atoms with van der Waals surface area (Å²) in [6.45, 7) is 3.47. The number of carbonyl (C=O) groups excluding carboxylic acids is 3. The molecule has 1 saturated heterocycles. The van der Waals surface area contributed by atoms with Gasteiger partial charge in [0, 0.05) is 5.56 Å². The Morgan fingerprint density at radius 2 is 1.73 bits per heavy atom. The quantitative estimate of drug-likeness (QED) is 0.266. The Hall–Kier alpha value is -3.85. The van der Waals surface area contributed by atoms with E-state index in [9.17, 15) is 23.9 Å². The van der Waals surface area contributed by atoms with Gasteiger partial charge in [-0.2, -0.15) is 0 Å². The largest absolute Gasteiger partial charge is 0.507 e. The van der Waals surface area contributed by atoms with E-state index in [4.69, 9.17) is 4.74 Å². The van der Waals surface area contributed by atoms with Crippen LogP contribution in [0.15, 0.2) is 54.1 Å². The third-order valence-corrected chi connectivity index (χ3v) is 6.45. The van der Waals surface area contributed by atoms with Crippen molar-refractivity contribution in [2.24, 2.45) is 0 Å². The number of Topliss-reactive ketones (excluding diaryl/α,β-unsaturated/α-hetero) is 1. The van der Waals surface area contributed by atoms with Crippen LogP contribution in [0.3, 0.4) is 0 Å². The molecule has 4 rings (SSSR count). The van der Waals surface area contributed by atoms with Gasteiger partial charge in [0.25, 0.3) is 5.78 Å². The van der Waals surface area contributed by atoms with Crippen LogP contribution in [-0.2, 0) is 14.3 Å². The average molecular weight is 466 g/mol. The van der Waals surface area contributed by atoms with Crippen LogP contribution in [0.25, 0.3) is 5.76 Å². The highest BCUT2D eigenvalue weighted by molar-refractivity contribution is 7.17. The Morgan fingerprint density at radius 1 is 1.09 bits per heavy atom. The predicted molar refractivity (Wildman–Crippen MR) is 121 cm³/mol. The number of amides is 1. The van der Waals surface area contributed by atoms with Gasteiger partial charge in [-0.25, -0.2) is 14.2 Å². The molecule has 0 radical (unpaired) electrons. The lowest BCUT2D eigenvalue weighted by Gasteiger charge is -2.23. The molecule has 7 nitrogen and oxygen atoms in total. The fourth-order valence-electron chi connectivity index (χ4n) is 3.62. The number of aromatic nitrogens is 1. The van der Waals surface area contributed by atoms with Crippen LogP contribution in [0.2, 0.25) is 0 Å². The zero-order chi connectivity index (χ0) is 23.9. The van der Waals surface area contributed by atoms with Crippen molar-refractivity contribution < 1.29 is 28.6 Å². The number of esters is 1. The van der Waals surface area contributed by atoms with Gasteiger partial charge in [-0.1, -0.05) is 53.3 Å². The number of ether oxygens (including phenoxy) is 1. The highest BCUT2D eigenvalue weighted by Gasteiger charge is 2.48. The first-order chi connectivity index (χ1) is 15.7. The number of aliphatic hydroxyl groups is 1. The Balaban J connectivity index is 1.93. The molecule has 1 amide bonds. The van der Waals surface area contributed by atoms with Crippen molar-refractivity contribution in [2.75, 3.05) is 12.0 Å². The number of methoxy groups -OCH3 is 1. The number of aryl methyl sites for hydroxylation is 2. The third kappa shape index (κ3) is 3.91. The Morgan fingerprint density at radius 3 is 2.33 bits per heavy atom. The molecule has 0 bridgehead atoms. The van der Waals surface area contributed by atoms with Crippen LogP contribution in [0.4, 0.5) is 9.52 Å². The van der Waals surface area contributed by atoms with Gasteiger partial charge in [-0.3, -0.25) is 14.5 Å². The minimum absolute atomic E-state index is 0.0901. The van der Waals surface area contributed by atoms with E-state index in [0.717, 1.165) is 21.8 Å². The van der Waals surface area contributed by atoms with Crippen LogP contribution in [0.5, 0.6) is 0 Å². The molecule has 3 aromatic rings. The van der Waals surface area contributed by atoms with Crippen molar-refractivity contribution in [3.05, 3.63) is 87.2 Å². The standard InChI is InChI=1S/C24H19FN2O5S/c1-12-4-6-15(7-5-12)19(28)17-18(14-8-10-16(25)11-9-14)27(22(30)20(17)29)24-26-13(2)21(33-24)23(31)32-3/h4-11,18,28H,1-3H3/b19-17+. The normalized spacial score (nSPS) is 17.5. The van der Waals surface area contributed by atoms with E-state index in [2.05, 4.69) is 4.98 Å². The Labute approximate surface area is 192 Å². The molecule has 2 aromatic carbocycles. The summed E-state index contributed by atoms with van der Waals surface area (Å²) in [7, 11) is 1.23. The summed E-state index contributed by atoms with van der Waals surface area (Å²) in [5.74, 6) is -3.29. The van der Waals surface area contributed by atoms with Gasteiger partial charge in [-0.05, 0) is 31.5 Å². The third-order valence-electron chi connectivity index (χ3n) is 5.32. The highest BCUT2D eigenvalue weighted by Crippen LogP contribution is 2.43. The van der Waals surface area contributed by atoms with Crippen LogP contribution in [0.1, 0.15) is 38.1 Å². The zero-order valence-corrected chi connectivity index (χ0v) is 18.8. The Kier molecular flexibility index (Phi) is 5.82. The molecular formula is C24H19FN2O5S. The maximum Gasteiger partial charge on any atom is 0.350 e. The maximum absolute atomic E-state index is 13.6. The summed E-state index contributed by atoms with van der Waals surface area (Å²) >= 11 is 0.897. The van der Waals surface area contributed by atoms with Gasteiger partial charge >= 0.3 is 11.9 Å². The summed E-state index contributed by atoms with van der Waals surface area (Å²) in [6.07, 6.45) is 0. The SMILES string of the molecule is COC(=O)c1sc(N2C(=O)C(=O)/C(=C(/O)c3ccc(C)cc3)C2c2ccc(F)cc2)nc1C. The molecule has 1 aliphatic rings. The van der Waals surface area contributed by atoms with Crippen LogP contribution < -0.4 is 4.90 Å². The monoisotopic (exact) mass is 466 g/mol. The number of aliphatic hydroxyl groups excluding tert-OH is 1. The molecule has 1 atom stereocenters. The van der Waals surface area contributed by atoms with Crippen molar-refractivity contribution in [3.8, 4) is 0 Å². The first-order valence-electron chi connectivity index (χ1n) is 9.92. The second kappa shape index (κ2) is 8.59. The number of thiazole rings is 1. The molecule has 168 valence electrons. The first-order valence-corrected chi connectivity index (χ1v) is 10.7. The number of nitrogens with zero attached hydrogens (tertiary/aromatic N) is 2. The lowest BCUT2D eigenvalue weighted by Crippen LogP contribution is -2.29. The molecular weight excluding hydrogens is 447 g/mol.